The highest BCUT2D eigenvalue weighted by Gasteiger charge is 2.28. The number of anilines is 1. The van der Waals surface area contributed by atoms with Crippen molar-refractivity contribution in [3.8, 4) is 5.88 Å². The van der Waals surface area contributed by atoms with E-state index in [1.54, 1.807) is 0 Å². The maximum Gasteiger partial charge on any atom is 0.222 e. The summed E-state index contributed by atoms with van der Waals surface area (Å²) in [5.41, 5.74) is 7.23. The van der Waals surface area contributed by atoms with Gasteiger partial charge in [0.05, 0.1) is 5.56 Å². The van der Waals surface area contributed by atoms with Crippen LogP contribution in [0, 0.1) is 12.3 Å². The van der Waals surface area contributed by atoms with Gasteiger partial charge in [0, 0.05) is 6.42 Å². The molecule has 0 aliphatic heterocycles. The van der Waals surface area contributed by atoms with Crippen molar-refractivity contribution in [2.24, 2.45) is 5.41 Å². The third-order valence-corrected chi connectivity index (χ3v) is 4.07. The third-order valence-electron chi connectivity index (χ3n) is 4.07. The van der Waals surface area contributed by atoms with Gasteiger partial charge in [-0.15, -0.1) is 0 Å². The molecule has 106 valence electrons. The number of rotatable bonds is 3. The second-order valence-corrected chi connectivity index (χ2v) is 6.29. The molecule has 4 nitrogen and oxygen atoms in total. The molecule has 1 heterocycles. The zero-order valence-electron chi connectivity index (χ0n) is 12.5. The fourth-order valence-electron chi connectivity index (χ4n) is 2.48. The summed E-state index contributed by atoms with van der Waals surface area (Å²) in [7, 11) is 0. The van der Waals surface area contributed by atoms with Crippen molar-refractivity contribution in [2.45, 2.75) is 65.9 Å². The zero-order chi connectivity index (χ0) is 14.0. The van der Waals surface area contributed by atoms with Crippen LogP contribution in [0.4, 0.5) is 5.82 Å². The summed E-state index contributed by atoms with van der Waals surface area (Å²) in [6.45, 7) is 8.60. The highest BCUT2D eigenvalue weighted by Crippen LogP contribution is 2.36. The first-order valence-corrected chi connectivity index (χ1v) is 7.21. The smallest absolute Gasteiger partial charge is 0.222 e. The number of hydrogen-bond donors (Lipinski definition) is 1. The maximum atomic E-state index is 6.07. The van der Waals surface area contributed by atoms with E-state index in [-0.39, 0.29) is 6.10 Å². The van der Waals surface area contributed by atoms with Gasteiger partial charge in [-0.25, -0.2) is 4.98 Å². The Balaban J connectivity index is 2.09. The van der Waals surface area contributed by atoms with Crippen LogP contribution in [0.25, 0.3) is 0 Å². The van der Waals surface area contributed by atoms with Gasteiger partial charge in [0.15, 0.2) is 0 Å². The number of aromatic nitrogens is 2. The minimum atomic E-state index is 0.269. The van der Waals surface area contributed by atoms with E-state index in [4.69, 9.17) is 10.5 Å². The normalized spacial score (nSPS) is 19.4. The summed E-state index contributed by atoms with van der Waals surface area (Å²) >= 11 is 0. The van der Waals surface area contributed by atoms with Gasteiger partial charge >= 0.3 is 0 Å². The van der Waals surface area contributed by atoms with E-state index in [0.29, 0.717) is 17.1 Å². The number of hydrogen-bond acceptors (Lipinski definition) is 4. The summed E-state index contributed by atoms with van der Waals surface area (Å²) in [5, 5.41) is 0. The predicted molar refractivity (Wildman–Crippen MR) is 77.2 cm³/mol. The first-order valence-electron chi connectivity index (χ1n) is 7.21. The van der Waals surface area contributed by atoms with E-state index >= 15 is 0 Å². The molecule has 0 atom stereocenters. The molecule has 1 aromatic rings. The molecule has 0 bridgehead atoms. The Hall–Kier alpha value is -1.32. The van der Waals surface area contributed by atoms with Crippen LogP contribution in [-0.2, 0) is 6.42 Å². The molecule has 19 heavy (non-hydrogen) atoms. The second-order valence-electron chi connectivity index (χ2n) is 6.29. The number of nitrogens with two attached hydrogens (primary N) is 1. The molecule has 1 aliphatic carbocycles. The number of aryl methyl sites for hydroxylation is 1. The summed E-state index contributed by atoms with van der Waals surface area (Å²) in [6.07, 6.45) is 5.65. The van der Waals surface area contributed by atoms with Crippen LogP contribution in [0.5, 0.6) is 5.88 Å². The van der Waals surface area contributed by atoms with Crippen LogP contribution in [0.15, 0.2) is 0 Å². The summed E-state index contributed by atoms with van der Waals surface area (Å²) in [5.74, 6) is 1.97. The van der Waals surface area contributed by atoms with Crippen LogP contribution < -0.4 is 10.5 Å². The monoisotopic (exact) mass is 263 g/mol. The SMILES string of the molecule is CCc1nc(N)c(C)c(OC2CCC(C)(C)CC2)n1. The lowest BCUT2D eigenvalue weighted by atomic mass is 9.76. The van der Waals surface area contributed by atoms with E-state index in [9.17, 15) is 0 Å². The van der Waals surface area contributed by atoms with E-state index in [1.165, 1.54) is 12.8 Å². The fourth-order valence-corrected chi connectivity index (χ4v) is 2.48. The average Bonchev–Trinajstić information content (AvgIpc) is 2.37. The average molecular weight is 263 g/mol. The van der Waals surface area contributed by atoms with Gasteiger partial charge in [-0.1, -0.05) is 20.8 Å². The van der Waals surface area contributed by atoms with Gasteiger partial charge in [-0.2, -0.15) is 4.98 Å². The van der Waals surface area contributed by atoms with Crippen molar-refractivity contribution in [3.63, 3.8) is 0 Å². The molecule has 1 saturated carbocycles. The van der Waals surface area contributed by atoms with Crippen molar-refractivity contribution in [3.05, 3.63) is 11.4 Å². The minimum absolute atomic E-state index is 0.269. The molecule has 1 aliphatic rings. The Morgan fingerprint density at radius 1 is 1.26 bits per heavy atom. The molecule has 0 amide bonds. The Morgan fingerprint density at radius 3 is 2.47 bits per heavy atom. The predicted octanol–water partition coefficient (Wildman–Crippen LogP) is 3.28. The maximum absolute atomic E-state index is 6.07. The van der Waals surface area contributed by atoms with Gasteiger partial charge in [-0.05, 0) is 38.0 Å². The van der Waals surface area contributed by atoms with Crippen LogP contribution in [0.3, 0.4) is 0 Å². The van der Waals surface area contributed by atoms with E-state index in [2.05, 4.69) is 23.8 Å². The molecule has 4 heteroatoms. The Kier molecular flexibility index (Phi) is 3.97. The summed E-state index contributed by atoms with van der Waals surface area (Å²) < 4.78 is 6.07. The number of nitrogens with zero attached hydrogens (tertiary/aromatic N) is 2. The molecular weight excluding hydrogens is 238 g/mol. The number of nitrogen functional groups attached to an aromatic ring is 1. The fraction of sp³-hybridized carbons (Fsp3) is 0.733. The van der Waals surface area contributed by atoms with E-state index < -0.39 is 0 Å². The van der Waals surface area contributed by atoms with Gasteiger partial charge in [0.1, 0.15) is 17.7 Å². The Bertz CT molecular complexity index is 447. The molecule has 0 aromatic carbocycles. The molecular formula is C15H25N3O. The molecule has 1 fully saturated rings. The lowest BCUT2D eigenvalue weighted by molar-refractivity contribution is 0.0940. The minimum Gasteiger partial charge on any atom is -0.474 e. The Morgan fingerprint density at radius 2 is 1.89 bits per heavy atom. The quantitative estimate of drug-likeness (QED) is 0.909. The standard InChI is InChI=1S/C15H25N3O/c1-5-12-17-13(16)10(2)14(18-12)19-11-6-8-15(3,4)9-7-11/h11H,5-9H2,1-4H3,(H2,16,17,18). The van der Waals surface area contributed by atoms with Crippen molar-refractivity contribution >= 4 is 5.82 Å². The van der Waals surface area contributed by atoms with Crippen molar-refractivity contribution < 1.29 is 4.74 Å². The first kappa shape index (κ1) is 14.1. The van der Waals surface area contributed by atoms with Gasteiger partial charge in [0.25, 0.3) is 0 Å². The largest absolute Gasteiger partial charge is 0.474 e. The van der Waals surface area contributed by atoms with Crippen molar-refractivity contribution in [1.29, 1.82) is 0 Å². The molecule has 0 unspecified atom stereocenters. The third kappa shape index (κ3) is 3.37. The molecule has 2 rings (SSSR count). The number of ether oxygens (including phenoxy) is 1. The van der Waals surface area contributed by atoms with Crippen LogP contribution in [-0.4, -0.2) is 16.1 Å². The lowest BCUT2D eigenvalue weighted by Gasteiger charge is -2.34. The van der Waals surface area contributed by atoms with Crippen LogP contribution >= 0.6 is 0 Å². The highest BCUT2D eigenvalue weighted by molar-refractivity contribution is 5.44. The molecule has 2 N–H and O–H groups in total. The first-order chi connectivity index (χ1) is 8.91. The zero-order valence-corrected chi connectivity index (χ0v) is 12.5. The van der Waals surface area contributed by atoms with E-state index in [1.807, 2.05) is 13.8 Å². The topological polar surface area (TPSA) is 61.0 Å². The van der Waals surface area contributed by atoms with Crippen LogP contribution in [0.1, 0.15) is 57.8 Å². The van der Waals surface area contributed by atoms with Crippen molar-refractivity contribution in [2.75, 3.05) is 5.73 Å². The molecule has 0 radical (unpaired) electrons. The van der Waals surface area contributed by atoms with Gasteiger partial charge in [-0.3, -0.25) is 0 Å². The van der Waals surface area contributed by atoms with Gasteiger partial charge in [0.2, 0.25) is 5.88 Å². The van der Waals surface area contributed by atoms with Gasteiger partial charge < -0.3 is 10.5 Å². The molecule has 1 aromatic heterocycles. The molecule has 0 spiro atoms. The summed E-state index contributed by atoms with van der Waals surface area (Å²) in [4.78, 5) is 8.72. The van der Waals surface area contributed by atoms with Crippen molar-refractivity contribution in [1.82, 2.24) is 9.97 Å². The molecule has 0 saturated heterocycles. The van der Waals surface area contributed by atoms with Crippen LogP contribution in [0.2, 0.25) is 0 Å². The van der Waals surface area contributed by atoms with E-state index in [0.717, 1.165) is 30.7 Å². The lowest BCUT2D eigenvalue weighted by Crippen LogP contribution is -2.29. The Labute approximate surface area is 115 Å². The second kappa shape index (κ2) is 5.35. The highest BCUT2D eigenvalue weighted by atomic mass is 16.5. The summed E-state index contributed by atoms with van der Waals surface area (Å²) in [6, 6.07) is 0.